The van der Waals surface area contributed by atoms with Gasteiger partial charge in [0.05, 0.1) is 7.11 Å². The number of carbonyl (C=O) groups excluding carboxylic acids is 2. The molecule has 0 spiro atoms. The minimum atomic E-state index is -0.115. The van der Waals surface area contributed by atoms with Crippen molar-refractivity contribution in [3.8, 4) is 0 Å². The maximum absolute atomic E-state index is 11.6. The van der Waals surface area contributed by atoms with Gasteiger partial charge in [0.1, 0.15) is 0 Å². The molecule has 0 saturated heterocycles. The quantitative estimate of drug-likeness (QED) is 0.759. The molecule has 0 aliphatic heterocycles. The molecule has 0 aromatic heterocycles. The number of hydrogen-bond acceptors (Lipinski definition) is 3. The number of esters is 1. The normalized spacial score (nSPS) is 28.5. The third-order valence-electron chi connectivity index (χ3n) is 3.82. The minimum Gasteiger partial charge on any atom is -0.469 e. The van der Waals surface area contributed by atoms with Crippen LogP contribution in [-0.2, 0) is 14.3 Å². The van der Waals surface area contributed by atoms with Crippen LogP contribution in [0.1, 0.15) is 44.9 Å². The molecule has 4 nitrogen and oxygen atoms in total. The van der Waals surface area contributed by atoms with E-state index in [2.05, 4.69) is 10.1 Å². The van der Waals surface area contributed by atoms with Gasteiger partial charge in [-0.15, -0.1) is 0 Å². The highest BCUT2D eigenvalue weighted by Crippen LogP contribution is 2.31. The first kappa shape index (κ1) is 12.4. The van der Waals surface area contributed by atoms with Gasteiger partial charge in [-0.3, -0.25) is 9.59 Å². The number of methoxy groups -OCH3 is 1. The first-order valence-corrected chi connectivity index (χ1v) is 6.56. The van der Waals surface area contributed by atoms with Gasteiger partial charge < -0.3 is 10.1 Å². The van der Waals surface area contributed by atoms with E-state index in [9.17, 15) is 9.59 Å². The lowest BCUT2D eigenvalue weighted by Crippen LogP contribution is -2.38. The van der Waals surface area contributed by atoms with Crippen molar-refractivity contribution in [1.82, 2.24) is 5.32 Å². The molecule has 1 amide bonds. The van der Waals surface area contributed by atoms with E-state index in [4.69, 9.17) is 0 Å². The van der Waals surface area contributed by atoms with Gasteiger partial charge in [0.25, 0.3) is 0 Å². The molecule has 0 heterocycles. The summed E-state index contributed by atoms with van der Waals surface area (Å²) in [5.41, 5.74) is 0. The number of carbonyl (C=O) groups is 2. The van der Waals surface area contributed by atoms with Crippen LogP contribution in [0.3, 0.4) is 0 Å². The number of ether oxygens (including phenoxy) is 1. The van der Waals surface area contributed by atoms with E-state index in [1.807, 2.05) is 0 Å². The maximum atomic E-state index is 11.6. The van der Waals surface area contributed by atoms with E-state index >= 15 is 0 Å². The molecular formula is C13H21NO3. The van der Waals surface area contributed by atoms with Crippen LogP contribution in [0, 0.1) is 11.8 Å². The molecule has 0 unspecified atom stereocenters. The summed E-state index contributed by atoms with van der Waals surface area (Å²) < 4.78 is 4.68. The number of amides is 1. The fourth-order valence-corrected chi connectivity index (χ4v) is 2.49. The average molecular weight is 239 g/mol. The van der Waals surface area contributed by atoms with Gasteiger partial charge in [0, 0.05) is 18.4 Å². The lowest BCUT2D eigenvalue weighted by atomic mass is 9.84. The fourth-order valence-electron chi connectivity index (χ4n) is 2.49. The zero-order valence-corrected chi connectivity index (χ0v) is 10.4. The van der Waals surface area contributed by atoms with Crippen LogP contribution in [-0.4, -0.2) is 25.0 Å². The molecule has 0 aromatic rings. The van der Waals surface area contributed by atoms with Crippen molar-refractivity contribution in [3.63, 3.8) is 0 Å². The molecule has 2 rings (SSSR count). The Bertz CT molecular complexity index is 291. The van der Waals surface area contributed by atoms with E-state index in [0.29, 0.717) is 24.3 Å². The summed E-state index contributed by atoms with van der Waals surface area (Å²) in [6.07, 6.45) is 6.68. The molecule has 96 valence electrons. The standard InChI is InChI=1S/C13H21NO3/c1-17-12(15)8-9-2-6-11(7-3-9)14-13(16)10-4-5-10/h9-11H,2-8H2,1H3,(H,14,16). The second-order valence-corrected chi connectivity index (χ2v) is 5.28. The van der Waals surface area contributed by atoms with Gasteiger partial charge in [-0.1, -0.05) is 0 Å². The largest absolute Gasteiger partial charge is 0.469 e. The van der Waals surface area contributed by atoms with Crippen LogP contribution in [0.15, 0.2) is 0 Å². The van der Waals surface area contributed by atoms with Crippen molar-refractivity contribution in [1.29, 1.82) is 0 Å². The van der Waals surface area contributed by atoms with E-state index < -0.39 is 0 Å². The summed E-state index contributed by atoms with van der Waals surface area (Å²) in [5.74, 6) is 0.858. The van der Waals surface area contributed by atoms with E-state index in [0.717, 1.165) is 38.5 Å². The Morgan fingerprint density at radius 3 is 2.29 bits per heavy atom. The zero-order chi connectivity index (χ0) is 12.3. The zero-order valence-electron chi connectivity index (χ0n) is 10.4. The summed E-state index contributed by atoms with van der Waals surface area (Å²) in [7, 11) is 1.43. The Morgan fingerprint density at radius 1 is 1.12 bits per heavy atom. The summed E-state index contributed by atoms with van der Waals surface area (Å²) in [6, 6.07) is 0.331. The predicted octanol–water partition coefficient (Wildman–Crippen LogP) is 1.63. The summed E-state index contributed by atoms with van der Waals surface area (Å²) >= 11 is 0. The lowest BCUT2D eigenvalue weighted by molar-refractivity contribution is -0.142. The highest BCUT2D eigenvalue weighted by Gasteiger charge is 2.32. The summed E-state index contributed by atoms with van der Waals surface area (Å²) in [5, 5.41) is 3.11. The van der Waals surface area contributed by atoms with Crippen molar-refractivity contribution in [3.05, 3.63) is 0 Å². The second-order valence-electron chi connectivity index (χ2n) is 5.28. The monoisotopic (exact) mass is 239 g/mol. The maximum Gasteiger partial charge on any atom is 0.305 e. The molecule has 0 aromatic carbocycles. The van der Waals surface area contributed by atoms with Gasteiger partial charge in [0.15, 0.2) is 0 Å². The molecule has 2 fully saturated rings. The van der Waals surface area contributed by atoms with Crippen molar-refractivity contribution >= 4 is 11.9 Å². The summed E-state index contributed by atoms with van der Waals surface area (Å²) in [4.78, 5) is 22.7. The molecule has 2 aliphatic rings. The van der Waals surface area contributed by atoms with Crippen LogP contribution < -0.4 is 5.32 Å². The Balaban J connectivity index is 1.66. The van der Waals surface area contributed by atoms with Gasteiger partial charge in [-0.2, -0.15) is 0 Å². The van der Waals surface area contributed by atoms with Gasteiger partial charge >= 0.3 is 5.97 Å². The van der Waals surface area contributed by atoms with Gasteiger partial charge in [0.2, 0.25) is 5.91 Å². The van der Waals surface area contributed by atoms with E-state index in [1.165, 1.54) is 7.11 Å². The molecule has 0 radical (unpaired) electrons. The number of rotatable bonds is 4. The van der Waals surface area contributed by atoms with Crippen LogP contribution in [0.25, 0.3) is 0 Å². The first-order valence-electron chi connectivity index (χ1n) is 6.56. The Kier molecular flexibility index (Phi) is 4.02. The molecule has 2 saturated carbocycles. The van der Waals surface area contributed by atoms with Crippen molar-refractivity contribution in [2.45, 2.75) is 51.0 Å². The second kappa shape index (κ2) is 5.52. The summed E-state index contributed by atoms with van der Waals surface area (Å²) in [6.45, 7) is 0. The lowest BCUT2D eigenvalue weighted by Gasteiger charge is -2.28. The van der Waals surface area contributed by atoms with E-state index in [1.54, 1.807) is 0 Å². The number of hydrogen-bond donors (Lipinski definition) is 1. The molecule has 17 heavy (non-hydrogen) atoms. The fraction of sp³-hybridized carbons (Fsp3) is 0.846. The topological polar surface area (TPSA) is 55.4 Å². The minimum absolute atomic E-state index is 0.115. The van der Waals surface area contributed by atoms with Crippen LogP contribution in [0.2, 0.25) is 0 Å². The Labute approximate surface area is 102 Å². The van der Waals surface area contributed by atoms with E-state index in [-0.39, 0.29) is 11.9 Å². The third-order valence-corrected chi connectivity index (χ3v) is 3.82. The SMILES string of the molecule is COC(=O)CC1CCC(NC(=O)C2CC2)CC1. The molecule has 4 heteroatoms. The van der Waals surface area contributed by atoms with Crippen molar-refractivity contribution in [2.24, 2.45) is 11.8 Å². The molecule has 1 N–H and O–H groups in total. The third kappa shape index (κ3) is 3.72. The first-order chi connectivity index (χ1) is 8.19. The van der Waals surface area contributed by atoms with Crippen molar-refractivity contribution in [2.75, 3.05) is 7.11 Å². The molecular weight excluding hydrogens is 218 g/mol. The van der Waals surface area contributed by atoms with Crippen LogP contribution >= 0.6 is 0 Å². The highest BCUT2D eigenvalue weighted by molar-refractivity contribution is 5.81. The average Bonchev–Trinajstić information content (AvgIpc) is 3.15. The van der Waals surface area contributed by atoms with Gasteiger partial charge in [-0.05, 0) is 44.4 Å². The van der Waals surface area contributed by atoms with Crippen LogP contribution in [0.4, 0.5) is 0 Å². The number of nitrogens with one attached hydrogen (secondary N) is 1. The smallest absolute Gasteiger partial charge is 0.305 e. The predicted molar refractivity (Wildman–Crippen MR) is 63.2 cm³/mol. The van der Waals surface area contributed by atoms with Crippen molar-refractivity contribution < 1.29 is 14.3 Å². The Morgan fingerprint density at radius 2 is 1.76 bits per heavy atom. The Hall–Kier alpha value is -1.06. The molecule has 2 aliphatic carbocycles. The highest BCUT2D eigenvalue weighted by atomic mass is 16.5. The van der Waals surface area contributed by atoms with Crippen LogP contribution in [0.5, 0.6) is 0 Å². The molecule has 0 bridgehead atoms. The van der Waals surface area contributed by atoms with Gasteiger partial charge in [-0.25, -0.2) is 0 Å². The molecule has 0 atom stereocenters.